The molecule has 0 saturated heterocycles. The van der Waals surface area contributed by atoms with E-state index in [1.54, 1.807) is 29.5 Å². The number of aromatic nitrogens is 3. The van der Waals surface area contributed by atoms with E-state index in [9.17, 15) is 4.79 Å². The van der Waals surface area contributed by atoms with Gasteiger partial charge in [-0.05, 0) is 30.3 Å². The first-order valence-electron chi connectivity index (χ1n) is 6.97. The Kier molecular flexibility index (Phi) is 4.22. The van der Waals surface area contributed by atoms with Crippen molar-refractivity contribution in [1.29, 1.82) is 0 Å². The fourth-order valence-corrected chi connectivity index (χ4v) is 4.74. The van der Waals surface area contributed by atoms with Crippen molar-refractivity contribution < 1.29 is 4.79 Å². The van der Waals surface area contributed by atoms with E-state index in [1.165, 1.54) is 11.8 Å². The quantitative estimate of drug-likeness (QED) is 0.352. The molecule has 0 atom stereocenters. The molecule has 2 heterocycles. The Morgan fingerprint density at radius 1 is 1.17 bits per heavy atom. The number of thiazole rings is 1. The molecule has 0 aliphatic heterocycles. The van der Waals surface area contributed by atoms with Gasteiger partial charge in [0, 0.05) is 10.6 Å². The van der Waals surface area contributed by atoms with Gasteiger partial charge in [-0.15, -0.1) is 10.2 Å². The van der Waals surface area contributed by atoms with Crippen LogP contribution in [0.4, 0.5) is 0 Å². The van der Waals surface area contributed by atoms with Crippen molar-refractivity contribution in [2.45, 2.75) is 5.16 Å². The molecule has 4 aromatic rings. The minimum Gasteiger partial charge on any atom is -0.293 e. The average molecular weight is 394 g/mol. The molecule has 24 heavy (non-hydrogen) atoms. The molecule has 0 spiro atoms. The van der Waals surface area contributed by atoms with E-state index in [4.69, 9.17) is 23.2 Å². The number of halogens is 2. The molecule has 0 bridgehead atoms. The molecule has 0 radical (unpaired) electrons. The summed E-state index contributed by atoms with van der Waals surface area (Å²) in [7, 11) is 0. The maximum Gasteiger partial charge on any atom is 0.217 e. The number of Topliss-reactive ketones (excluding diaryl/α,β-unsaturated/α-hetero) is 1. The second-order valence-electron chi connectivity index (χ2n) is 5.01. The van der Waals surface area contributed by atoms with Gasteiger partial charge in [0.25, 0.3) is 0 Å². The number of fused-ring (bicyclic) bond motifs is 3. The first kappa shape index (κ1) is 15.9. The largest absolute Gasteiger partial charge is 0.293 e. The molecule has 2 aromatic carbocycles. The fourth-order valence-electron chi connectivity index (χ4n) is 2.37. The number of thioether (sulfide) groups is 1. The number of benzene rings is 2. The van der Waals surface area contributed by atoms with Gasteiger partial charge >= 0.3 is 0 Å². The summed E-state index contributed by atoms with van der Waals surface area (Å²) in [5.41, 5.74) is 1.51. The van der Waals surface area contributed by atoms with Gasteiger partial charge in [0.2, 0.25) is 4.96 Å². The summed E-state index contributed by atoms with van der Waals surface area (Å²) in [6, 6.07) is 12.9. The van der Waals surface area contributed by atoms with Crippen molar-refractivity contribution in [3.05, 3.63) is 58.1 Å². The lowest BCUT2D eigenvalue weighted by atomic mass is 10.1. The highest BCUT2D eigenvalue weighted by Gasteiger charge is 2.16. The zero-order valence-corrected chi connectivity index (χ0v) is 15.2. The van der Waals surface area contributed by atoms with E-state index in [0.717, 1.165) is 15.2 Å². The smallest absolute Gasteiger partial charge is 0.217 e. The van der Waals surface area contributed by atoms with Crippen LogP contribution in [0.2, 0.25) is 10.0 Å². The monoisotopic (exact) mass is 393 g/mol. The summed E-state index contributed by atoms with van der Waals surface area (Å²) in [6.45, 7) is 0. The minimum atomic E-state index is -0.0713. The van der Waals surface area contributed by atoms with Crippen LogP contribution in [0.15, 0.2) is 47.6 Å². The fraction of sp³-hybridized carbons (Fsp3) is 0.0625. The minimum absolute atomic E-state index is 0.0713. The van der Waals surface area contributed by atoms with Gasteiger partial charge in [0.05, 0.1) is 21.0 Å². The molecule has 4 rings (SSSR count). The van der Waals surface area contributed by atoms with Crippen LogP contribution in [0.25, 0.3) is 15.2 Å². The maximum absolute atomic E-state index is 12.4. The number of nitrogens with zero attached hydrogens (tertiary/aromatic N) is 3. The molecular weight excluding hydrogens is 385 g/mol. The highest BCUT2D eigenvalue weighted by Crippen LogP contribution is 2.30. The zero-order valence-electron chi connectivity index (χ0n) is 12.1. The number of hydrogen-bond donors (Lipinski definition) is 0. The van der Waals surface area contributed by atoms with Gasteiger partial charge in [-0.1, -0.05) is 58.4 Å². The van der Waals surface area contributed by atoms with Crippen molar-refractivity contribution >= 4 is 67.3 Å². The first-order valence-corrected chi connectivity index (χ1v) is 9.53. The van der Waals surface area contributed by atoms with E-state index in [-0.39, 0.29) is 11.5 Å². The van der Waals surface area contributed by atoms with E-state index < -0.39 is 0 Å². The summed E-state index contributed by atoms with van der Waals surface area (Å²) >= 11 is 14.9. The predicted molar refractivity (Wildman–Crippen MR) is 99.9 cm³/mol. The van der Waals surface area contributed by atoms with E-state index in [1.807, 2.05) is 28.7 Å². The van der Waals surface area contributed by atoms with Crippen LogP contribution in [-0.2, 0) is 0 Å². The Morgan fingerprint density at radius 3 is 2.83 bits per heavy atom. The maximum atomic E-state index is 12.4. The number of hydrogen-bond acceptors (Lipinski definition) is 5. The SMILES string of the molecule is O=C(CSc1nnc2sc3ccccc3n12)c1ccc(Cl)cc1Cl. The highest BCUT2D eigenvalue weighted by atomic mass is 35.5. The number of para-hydroxylation sites is 1. The summed E-state index contributed by atoms with van der Waals surface area (Å²) in [5, 5.41) is 9.94. The lowest BCUT2D eigenvalue weighted by Crippen LogP contribution is -2.04. The third kappa shape index (κ3) is 2.80. The molecule has 0 N–H and O–H groups in total. The second-order valence-corrected chi connectivity index (χ2v) is 7.80. The highest BCUT2D eigenvalue weighted by molar-refractivity contribution is 7.99. The molecule has 0 aliphatic carbocycles. The summed E-state index contributed by atoms with van der Waals surface area (Å²) < 4.78 is 3.11. The number of ketones is 1. The summed E-state index contributed by atoms with van der Waals surface area (Å²) in [5.74, 6) is 0.157. The van der Waals surface area contributed by atoms with Crippen LogP contribution in [0.5, 0.6) is 0 Å². The van der Waals surface area contributed by atoms with Crippen LogP contribution in [0.1, 0.15) is 10.4 Å². The topological polar surface area (TPSA) is 47.3 Å². The molecule has 0 saturated carbocycles. The zero-order chi connectivity index (χ0) is 16.7. The molecule has 0 amide bonds. The standard InChI is InChI=1S/C16H9Cl2N3OS2/c17-9-5-6-10(11(18)7-9)13(22)8-23-15-19-20-16-21(15)12-3-1-2-4-14(12)24-16/h1-7H,8H2. The van der Waals surface area contributed by atoms with Gasteiger partial charge in [0.15, 0.2) is 10.9 Å². The van der Waals surface area contributed by atoms with Crippen molar-refractivity contribution in [3.8, 4) is 0 Å². The van der Waals surface area contributed by atoms with Crippen LogP contribution in [0.3, 0.4) is 0 Å². The second kappa shape index (κ2) is 6.37. The Labute approximate surface area is 155 Å². The normalized spacial score (nSPS) is 11.4. The molecule has 8 heteroatoms. The molecule has 120 valence electrons. The number of carbonyl (C=O) groups excluding carboxylic acids is 1. The molecule has 4 nitrogen and oxygen atoms in total. The van der Waals surface area contributed by atoms with Crippen molar-refractivity contribution in [2.24, 2.45) is 0 Å². The Balaban J connectivity index is 1.62. The predicted octanol–water partition coefficient (Wildman–Crippen LogP) is 5.23. The van der Waals surface area contributed by atoms with Gasteiger partial charge < -0.3 is 0 Å². The van der Waals surface area contributed by atoms with Crippen LogP contribution < -0.4 is 0 Å². The average Bonchev–Trinajstić information content (AvgIpc) is 3.11. The Bertz CT molecular complexity index is 1070. The lowest BCUT2D eigenvalue weighted by Gasteiger charge is -2.03. The van der Waals surface area contributed by atoms with Crippen LogP contribution in [-0.4, -0.2) is 26.1 Å². The molecule has 2 aromatic heterocycles. The van der Waals surface area contributed by atoms with Crippen molar-refractivity contribution in [1.82, 2.24) is 14.6 Å². The molecule has 0 unspecified atom stereocenters. The van der Waals surface area contributed by atoms with Gasteiger partial charge in [-0.25, -0.2) is 0 Å². The van der Waals surface area contributed by atoms with E-state index in [0.29, 0.717) is 20.8 Å². The lowest BCUT2D eigenvalue weighted by molar-refractivity contribution is 0.102. The summed E-state index contributed by atoms with van der Waals surface area (Å²) in [6.07, 6.45) is 0. The van der Waals surface area contributed by atoms with Gasteiger partial charge in [-0.2, -0.15) is 0 Å². The first-order chi connectivity index (χ1) is 11.6. The van der Waals surface area contributed by atoms with Crippen molar-refractivity contribution in [2.75, 3.05) is 5.75 Å². The third-order valence-electron chi connectivity index (χ3n) is 3.47. The molecule has 0 fully saturated rings. The van der Waals surface area contributed by atoms with E-state index in [2.05, 4.69) is 10.2 Å². The van der Waals surface area contributed by atoms with Crippen LogP contribution >= 0.6 is 46.3 Å². The van der Waals surface area contributed by atoms with Crippen molar-refractivity contribution in [3.63, 3.8) is 0 Å². The van der Waals surface area contributed by atoms with Crippen LogP contribution in [0, 0.1) is 0 Å². The van der Waals surface area contributed by atoms with Gasteiger partial charge in [0.1, 0.15) is 0 Å². The van der Waals surface area contributed by atoms with Gasteiger partial charge in [-0.3, -0.25) is 9.20 Å². The number of rotatable bonds is 4. The third-order valence-corrected chi connectivity index (χ3v) is 5.96. The Morgan fingerprint density at radius 2 is 2.00 bits per heavy atom. The van der Waals surface area contributed by atoms with E-state index >= 15 is 0 Å². The Hall–Kier alpha value is -1.60. The number of carbonyl (C=O) groups is 1. The molecular formula is C16H9Cl2N3OS2. The summed E-state index contributed by atoms with van der Waals surface area (Å²) in [4.78, 5) is 13.2. The molecule has 0 aliphatic rings.